The number of carbonyl (C=O) groups is 3. The van der Waals surface area contributed by atoms with Crippen LogP contribution in [0.4, 0.5) is 11.1 Å². The molecule has 1 fully saturated rings. The molecular formula is C20H20N10O5S3. The molecule has 18 heteroatoms. The van der Waals surface area contributed by atoms with E-state index in [1.54, 1.807) is 13.0 Å². The second-order valence-corrected chi connectivity index (χ2v) is 11.0. The van der Waals surface area contributed by atoms with Crippen molar-refractivity contribution in [2.45, 2.75) is 23.4 Å². The predicted molar refractivity (Wildman–Crippen MR) is 140 cm³/mol. The average Bonchev–Trinajstić information content (AvgIpc) is 3.47. The number of carbonyl (C=O) groups excluding carboxylic acids is 2. The predicted octanol–water partition coefficient (Wildman–Crippen LogP) is -0.0650. The van der Waals surface area contributed by atoms with Crippen LogP contribution >= 0.6 is 34.9 Å². The van der Waals surface area contributed by atoms with Gasteiger partial charge in [-0.1, -0.05) is 5.16 Å². The van der Waals surface area contributed by atoms with Crippen LogP contribution in [0.25, 0.3) is 5.78 Å². The normalized spacial score (nSPS) is 19.4. The van der Waals surface area contributed by atoms with Gasteiger partial charge < -0.3 is 26.7 Å². The van der Waals surface area contributed by atoms with E-state index in [0.29, 0.717) is 27.8 Å². The number of fused-ring (bicyclic) bond motifs is 2. The van der Waals surface area contributed by atoms with Crippen molar-refractivity contribution in [3.05, 3.63) is 34.1 Å². The van der Waals surface area contributed by atoms with E-state index in [-0.39, 0.29) is 33.9 Å². The molecule has 0 spiro atoms. The number of nitrogen functional groups attached to an aromatic ring is 2. The minimum atomic E-state index is -1.23. The number of β-lactam (4-membered cyclic amide) rings is 1. The van der Waals surface area contributed by atoms with Gasteiger partial charge in [0.2, 0.25) is 5.95 Å². The summed E-state index contributed by atoms with van der Waals surface area (Å²) in [5.74, 6) is -1.45. The van der Waals surface area contributed by atoms with Gasteiger partial charge in [0.1, 0.15) is 34.9 Å². The highest BCUT2D eigenvalue weighted by Crippen LogP contribution is 2.41. The van der Waals surface area contributed by atoms with Gasteiger partial charge in [0.15, 0.2) is 10.8 Å². The zero-order valence-corrected chi connectivity index (χ0v) is 22.3. The van der Waals surface area contributed by atoms with Crippen molar-refractivity contribution in [1.82, 2.24) is 34.8 Å². The van der Waals surface area contributed by atoms with E-state index in [1.165, 1.54) is 45.4 Å². The molecule has 5 heterocycles. The number of oxime groups is 1. The third-order valence-electron chi connectivity index (χ3n) is 5.52. The second-order valence-electron chi connectivity index (χ2n) is 8.02. The largest absolute Gasteiger partial charge is 0.477 e. The number of nitrogens with two attached hydrogens (primary N) is 2. The van der Waals surface area contributed by atoms with E-state index < -0.39 is 29.2 Å². The van der Waals surface area contributed by atoms with Crippen LogP contribution in [0.3, 0.4) is 0 Å². The number of carboxylic acids is 1. The highest BCUT2D eigenvalue weighted by molar-refractivity contribution is 8.01. The molecule has 3 aromatic heterocycles. The molecule has 0 unspecified atom stereocenters. The molecule has 0 aromatic carbocycles. The quantitative estimate of drug-likeness (QED) is 0.0909. The standard InChI is InChI=1S/C20H20N10O5S3/c1-7-3-10(30-20(23-7)26-18(21)27-30)36-4-8-5-37-16-12(15(32)29(16)13(8)17(33)34)25-14(31)11(28-35-2)9-6-38-19(22)24-9/h3,6,12,16H,4-5H2,1-2H3,(H2,21,27)(H2,22,24)(H,25,31)(H,33,34)/t12-,16-/m1/s1. The Morgan fingerprint density at radius 3 is 2.82 bits per heavy atom. The number of nitrogens with zero attached hydrogens (tertiary/aromatic N) is 7. The van der Waals surface area contributed by atoms with Crippen molar-refractivity contribution in [2.75, 3.05) is 30.1 Å². The van der Waals surface area contributed by atoms with Crippen LogP contribution in [0.2, 0.25) is 0 Å². The molecule has 5 rings (SSSR count). The molecular weight excluding hydrogens is 556 g/mol. The second kappa shape index (κ2) is 10.1. The molecule has 2 amide bonds. The third kappa shape index (κ3) is 4.61. The van der Waals surface area contributed by atoms with Crippen molar-refractivity contribution < 1.29 is 24.3 Å². The summed E-state index contributed by atoms with van der Waals surface area (Å²) in [5, 5.41) is 22.3. The Kier molecular flexibility index (Phi) is 6.84. The first-order chi connectivity index (χ1) is 18.2. The van der Waals surface area contributed by atoms with Gasteiger partial charge in [-0.05, 0) is 18.6 Å². The Bertz CT molecular complexity index is 1530. The van der Waals surface area contributed by atoms with Crippen LogP contribution in [0.1, 0.15) is 11.4 Å². The number of thioether (sulfide) groups is 2. The lowest BCUT2D eigenvalue weighted by molar-refractivity contribution is -0.150. The fourth-order valence-corrected chi connectivity index (χ4v) is 7.01. The van der Waals surface area contributed by atoms with Gasteiger partial charge in [0.05, 0.1) is 0 Å². The zero-order valence-electron chi connectivity index (χ0n) is 19.8. The number of aromatic nitrogens is 5. The molecule has 0 radical (unpaired) electrons. The Hall–Kier alpha value is -3.90. The zero-order chi connectivity index (χ0) is 27.1. The van der Waals surface area contributed by atoms with Crippen LogP contribution in [0.15, 0.2) is 32.9 Å². The summed E-state index contributed by atoms with van der Waals surface area (Å²) >= 11 is 3.80. The molecule has 0 aliphatic carbocycles. The maximum absolute atomic E-state index is 13.1. The number of carboxylic acid groups (broad SMARTS) is 1. The van der Waals surface area contributed by atoms with E-state index in [2.05, 4.69) is 30.5 Å². The molecule has 0 saturated carbocycles. The van der Waals surface area contributed by atoms with Gasteiger partial charge in [0.25, 0.3) is 17.6 Å². The molecule has 15 nitrogen and oxygen atoms in total. The monoisotopic (exact) mass is 576 g/mol. The summed E-state index contributed by atoms with van der Waals surface area (Å²) in [4.78, 5) is 56.5. The number of anilines is 2. The van der Waals surface area contributed by atoms with E-state index in [0.717, 1.165) is 11.3 Å². The van der Waals surface area contributed by atoms with Crippen molar-refractivity contribution in [2.24, 2.45) is 5.16 Å². The minimum Gasteiger partial charge on any atom is -0.477 e. The summed E-state index contributed by atoms with van der Waals surface area (Å²) in [5.41, 5.74) is 12.6. The first-order valence-corrected chi connectivity index (χ1v) is 13.8. The van der Waals surface area contributed by atoms with E-state index >= 15 is 0 Å². The van der Waals surface area contributed by atoms with Crippen molar-refractivity contribution in [3.63, 3.8) is 0 Å². The number of hydrogen-bond acceptors (Lipinski definition) is 14. The van der Waals surface area contributed by atoms with Gasteiger partial charge in [-0.15, -0.1) is 40.0 Å². The maximum Gasteiger partial charge on any atom is 0.352 e. The molecule has 198 valence electrons. The van der Waals surface area contributed by atoms with Crippen LogP contribution in [-0.2, 0) is 19.2 Å². The summed E-state index contributed by atoms with van der Waals surface area (Å²) in [6.45, 7) is 1.80. The Balaban J connectivity index is 1.34. The van der Waals surface area contributed by atoms with Gasteiger partial charge in [-0.25, -0.2) is 14.8 Å². The van der Waals surface area contributed by atoms with Gasteiger partial charge in [0, 0.05) is 22.6 Å². The topological polar surface area (TPSA) is 216 Å². The number of aliphatic carboxylic acids is 1. The van der Waals surface area contributed by atoms with Gasteiger partial charge in [-0.3, -0.25) is 14.5 Å². The summed E-state index contributed by atoms with van der Waals surface area (Å²) < 4.78 is 1.49. The number of nitrogens with one attached hydrogen (secondary N) is 1. The highest BCUT2D eigenvalue weighted by atomic mass is 32.2. The number of hydrogen-bond donors (Lipinski definition) is 4. The SMILES string of the molecule is CON=C(C(=O)N[C@@H]1C(=O)N2C(C(=O)O)=C(CSc3cc(C)nc4nc(N)nn34)CS[C@H]12)c1csc(N)n1. The Morgan fingerprint density at radius 1 is 1.34 bits per heavy atom. The van der Waals surface area contributed by atoms with Crippen LogP contribution in [0.5, 0.6) is 0 Å². The smallest absolute Gasteiger partial charge is 0.352 e. The van der Waals surface area contributed by atoms with Gasteiger partial charge in [-0.2, -0.15) is 9.50 Å². The minimum absolute atomic E-state index is 0.0719. The first-order valence-electron chi connectivity index (χ1n) is 10.8. The molecule has 38 heavy (non-hydrogen) atoms. The Labute approximate surface area is 226 Å². The molecule has 3 aromatic rings. The lowest BCUT2D eigenvalue weighted by atomic mass is 10.0. The molecule has 2 atom stereocenters. The van der Waals surface area contributed by atoms with Gasteiger partial charge >= 0.3 is 5.97 Å². The van der Waals surface area contributed by atoms with Crippen LogP contribution in [0, 0.1) is 6.92 Å². The van der Waals surface area contributed by atoms with Crippen molar-refractivity contribution >= 4 is 75.2 Å². The fourth-order valence-electron chi connectivity index (χ4n) is 3.93. The summed E-state index contributed by atoms with van der Waals surface area (Å²) in [6, 6.07) is 0.843. The number of thiazole rings is 1. The number of amides is 2. The molecule has 0 bridgehead atoms. The summed E-state index contributed by atoms with van der Waals surface area (Å²) in [6.07, 6.45) is 0. The fraction of sp³-hybridized carbons (Fsp3) is 0.300. The average molecular weight is 577 g/mol. The first kappa shape index (κ1) is 25.7. The van der Waals surface area contributed by atoms with E-state index in [4.69, 9.17) is 16.3 Å². The molecule has 6 N–H and O–H groups in total. The molecule has 2 aliphatic rings. The number of aryl methyl sites for hydroxylation is 1. The van der Waals surface area contributed by atoms with Crippen LogP contribution < -0.4 is 16.8 Å². The lowest BCUT2D eigenvalue weighted by Crippen LogP contribution is -2.71. The number of rotatable bonds is 8. The summed E-state index contributed by atoms with van der Waals surface area (Å²) in [7, 11) is 1.27. The van der Waals surface area contributed by atoms with E-state index in [1.807, 2.05) is 0 Å². The lowest BCUT2D eigenvalue weighted by Gasteiger charge is -2.49. The molecule has 2 aliphatic heterocycles. The van der Waals surface area contributed by atoms with Crippen molar-refractivity contribution in [1.29, 1.82) is 0 Å². The highest BCUT2D eigenvalue weighted by Gasteiger charge is 2.54. The van der Waals surface area contributed by atoms with Crippen molar-refractivity contribution in [3.8, 4) is 0 Å². The third-order valence-corrected chi connectivity index (χ3v) is 8.61. The maximum atomic E-state index is 13.1. The molecule has 1 saturated heterocycles. The van der Waals surface area contributed by atoms with E-state index in [9.17, 15) is 19.5 Å². The Morgan fingerprint density at radius 2 is 2.13 bits per heavy atom. The van der Waals surface area contributed by atoms with Crippen LogP contribution in [-0.4, -0.2) is 88.1 Å².